The van der Waals surface area contributed by atoms with Gasteiger partial charge in [-0.3, -0.25) is 9.88 Å². The summed E-state index contributed by atoms with van der Waals surface area (Å²) in [7, 11) is 2.80. The SMILES string of the molecule is COC(=O)c1ccc(-c2ccc(OC)c(-c3ccc(C(C)C)nc3CN3C(=O)OC(c4cc(C(F)(F)F)cc(C(F)(F)F)c4)C3C)c2)c(C)c1. The number of aryl methyl sites for hydroxylation is 1. The van der Waals surface area contributed by atoms with E-state index in [-0.39, 0.29) is 18.5 Å². The zero-order valence-corrected chi connectivity index (χ0v) is 28.0. The number of pyridine rings is 1. The van der Waals surface area contributed by atoms with Crippen LogP contribution in [0.2, 0.25) is 0 Å². The van der Waals surface area contributed by atoms with Gasteiger partial charge in [-0.15, -0.1) is 0 Å². The number of rotatable bonds is 8. The van der Waals surface area contributed by atoms with Crippen molar-refractivity contribution in [3.05, 3.63) is 106 Å². The molecule has 13 heteroatoms. The molecule has 1 aliphatic heterocycles. The highest BCUT2D eigenvalue weighted by Gasteiger charge is 2.43. The summed E-state index contributed by atoms with van der Waals surface area (Å²) in [6.07, 6.45) is -12.5. The zero-order valence-electron chi connectivity index (χ0n) is 28.0. The highest BCUT2D eigenvalue weighted by atomic mass is 19.4. The fraction of sp³-hybridized carbons (Fsp3) is 0.324. The first kappa shape index (κ1) is 36.2. The van der Waals surface area contributed by atoms with Crippen LogP contribution < -0.4 is 4.74 Å². The van der Waals surface area contributed by atoms with Crippen molar-refractivity contribution >= 4 is 12.1 Å². The molecule has 1 saturated heterocycles. The van der Waals surface area contributed by atoms with Gasteiger partial charge in [0.25, 0.3) is 0 Å². The summed E-state index contributed by atoms with van der Waals surface area (Å²) >= 11 is 0. The summed E-state index contributed by atoms with van der Waals surface area (Å²) in [5.74, 6) is -0.00751. The summed E-state index contributed by atoms with van der Waals surface area (Å²) < 4.78 is 97.8. The molecule has 5 rings (SSSR count). The molecule has 4 aromatic rings. The molecule has 1 aliphatic rings. The van der Waals surface area contributed by atoms with E-state index < -0.39 is 53.3 Å². The van der Waals surface area contributed by atoms with E-state index in [1.165, 1.54) is 26.0 Å². The van der Waals surface area contributed by atoms with Gasteiger partial charge in [-0.2, -0.15) is 26.3 Å². The Morgan fingerprint density at radius 2 is 1.52 bits per heavy atom. The molecule has 2 atom stereocenters. The second-order valence-corrected chi connectivity index (χ2v) is 12.3. The van der Waals surface area contributed by atoms with Crippen LogP contribution in [0.15, 0.2) is 66.7 Å². The number of amides is 1. The Balaban J connectivity index is 1.57. The molecular formula is C37H34F6N2O5. The number of cyclic esters (lactones) is 1. The molecule has 0 N–H and O–H groups in total. The zero-order chi connectivity index (χ0) is 36.7. The van der Waals surface area contributed by atoms with Gasteiger partial charge in [-0.25, -0.2) is 9.59 Å². The number of alkyl halides is 6. The molecule has 2 unspecified atom stereocenters. The van der Waals surface area contributed by atoms with Crippen LogP contribution in [0.1, 0.15) is 76.8 Å². The molecule has 3 aromatic carbocycles. The van der Waals surface area contributed by atoms with Crippen molar-refractivity contribution in [1.82, 2.24) is 9.88 Å². The minimum atomic E-state index is -5.06. The number of carbonyl (C=O) groups excluding carboxylic acids is 2. The molecule has 0 bridgehead atoms. The summed E-state index contributed by atoms with van der Waals surface area (Å²) in [6, 6.07) is 14.6. The summed E-state index contributed by atoms with van der Waals surface area (Å²) in [6.45, 7) is 7.05. The highest BCUT2D eigenvalue weighted by Crippen LogP contribution is 2.42. The van der Waals surface area contributed by atoms with E-state index in [9.17, 15) is 35.9 Å². The first-order chi connectivity index (χ1) is 23.4. The van der Waals surface area contributed by atoms with Crippen LogP contribution in [0.4, 0.5) is 31.1 Å². The number of methoxy groups -OCH3 is 2. The van der Waals surface area contributed by atoms with Crippen LogP contribution >= 0.6 is 0 Å². The van der Waals surface area contributed by atoms with Crippen molar-refractivity contribution in [2.24, 2.45) is 0 Å². The molecule has 2 heterocycles. The number of carbonyl (C=O) groups is 2. The largest absolute Gasteiger partial charge is 0.496 e. The lowest BCUT2D eigenvalue weighted by Gasteiger charge is -2.24. The molecule has 50 heavy (non-hydrogen) atoms. The fourth-order valence-electron chi connectivity index (χ4n) is 5.99. The minimum Gasteiger partial charge on any atom is -0.496 e. The molecule has 1 fully saturated rings. The number of aromatic nitrogens is 1. The average molecular weight is 701 g/mol. The van der Waals surface area contributed by atoms with Gasteiger partial charge in [0.05, 0.1) is 49.2 Å². The van der Waals surface area contributed by atoms with Crippen LogP contribution in [-0.2, 0) is 28.4 Å². The molecule has 0 saturated carbocycles. The number of esters is 1. The number of hydrogen-bond acceptors (Lipinski definition) is 6. The molecule has 0 spiro atoms. The minimum absolute atomic E-state index is 0.0198. The predicted molar refractivity (Wildman–Crippen MR) is 172 cm³/mol. The van der Waals surface area contributed by atoms with E-state index in [2.05, 4.69) is 0 Å². The maximum Gasteiger partial charge on any atom is 0.416 e. The molecule has 264 valence electrons. The number of nitrogens with zero attached hydrogens (tertiary/aromatic N) is 2. The smallest absolute Gasteiger partial charge is 0.416 e. The number of halogens is 6. The summed E-state index contributed by atoms with van der Waals surface area (Å²) in [5.41, 5.74) is 1.68. The van der Waals surface area contributed by atoms with Gasteiger partial charge in [0.2, 0.25) is 0 Å². The van der Waals surface area contributed by atoms with Gasteiger partial charge in [-0.05, 0) is 90.6 Å². The van der Waals surface area contributed by atoms with Gasteiger partial charge < -0.3 is 14.2 Å². The van der Waals surface area contributed by atoms with Crippen molar-refractivity contribution in [1.29, 1.82) is 0 Å². The van der Waals surface area contributed by atoms with E-state index >= 15 is 0 Å². The lowest BCUT2D eigenvalue weighted by Crippen LogP contribution is -2.32. The topological polar surface area (TPSA) is 78.0 Å². The number of ether oxygens (including phenoxy) is 3. The standard InChI is InChI=1S/C37H34F6N2O5/c1-19(2)30-11-10-28(29-16-22(8-12-32(29)48-5)27-9-7-23(13-20(27)3)34(46)49-6)31(44-30)18-45-21(4)33(50-35(45)47)24-14-25(36(38,39)40)17-26(15-24)37(41,42)43/h7-17,19,21,33H,18H2,1-6H3. The van der Waals surface area contributed by atoms with E-state index in [1.807, 2.05) is 45.0 Å². The summed E-state index contributed by atoms with van der Waals surface area (Å²) in [5, 5.41) is 0. The Morgan fingerprint density at radius 1 is 0.880 bits per heavy atom. The lowest BCUT2D eigenvalue weighted by molar-refractivity contribution is -0.143. The van der Waals surface area contributed by atoms with Crippen molar-refractivity contribution in [2.75, 3.05) is 14.2 Å². The number of benzene rings is 3. The van der Waals surface area contributed by atoms with Gasteiger partial charge >= 0.3 is 24.4 Å². The van der Waals surface area contributed by atoms with Gasteiger partial charge in [-0.1, -0.05) is 32.0 Å². The Labute approximate surface area is 284 Å². The van der Waals surface area contributed by atoms with Gasteiger partial charge in [0.15, 0.2) is 0 Å². The molecular weight excluding hydrogens is 666 g/mol. The van der Waals surface area contributed by atoms with Crippen LogP contribution in [-0.4, -0.2) is 42.2 Å². The van der Waals surface area contributed by atoms with Crippen LogP contribution in [0.3, 0.4) is 0 Å². The van der Waals surface area contributed by atoms with Crippen LogP contribution in [0, 0.1) is 6.92 Å². The summed E-state index contributed by atoms with van der Waals surface area (Å²) in [4.78, 5) is 31.4. The Hall–Kier alpha value is -5.07. The quantitative estimate of drug-likeness (QED) is 0.135. The molecule has 7 nitrogen and oxygen atoms in total. The highest BCUT2D eigenvalue weighted by molar-refractivity contribution is 5.91. The Morgan fingerprint density at radius 3 is 2.08 bits per heavy atom. The normalized spacial score (nSPS) is 16.5. The van der Waals surface area contributed by atoms with E-state index in [0.29, 0.717) is 46.0 Å². The second kappa shape index (κ2) is 13.7. The first-order valence-corrected chi connectivity index (χ1v) is 15.6. The van der Waals surface area contributed by atoms with Gasteiger partial charge in [0, 0.05) is 16.8 Å². The lowest BCUT2D eigenvalue weighted by atomic mass is 9.93. The molecule has 0 aliphatic carbocycles. The number of hydrogen-bond donors (Lipinski definition) is 0. The molecule has 0 radical (unpaired) electrons. The monoisotopic (exact) mass is 700 g/mol. The van der Waals surface area contributed by atoms with Crippen molar-refractivity contribution < 1.29 is 50.1 Å². The van der Waals surface area contributed by atoms with Crippen LogP contribution in [0.5, 0.6) is 5.75 Å². The third-order valence-electron chi connectivity index (χ3n) is 8.69. The average Bonchev–Trinajstić information content (AvgIpc) is 3.35. The third-order valence-corrected chi connectivity index (χ3v) is 8.69. The van der Waals surface area contributed by atoms with Crippen molar-refractivity contribution in [2.45, 2.75) is 64.7 Å². The van der Waals surface area contributed by atoms with E-state index in [4.69, 9.17) is 19.2 Å². The van der Waals surface area contributed by atoms with Gasteiger partial charge in [0.1, 0.15) is 11.9 Å². The third kappa shape index (κ3) is 7.26. The fourth-order valence-corrected chi connectivity index (χ4v) is 5.99. The second-order valence-electron chi connectivity index (χ2n) is 12.3. The van der Waals surface area contributed by atoms with Crippen molar-refractivity contribution in [3.8, 4) is 28.0 Å². The van der Waals surface area contributed by atoms with E-state index in [1.54, 1.807) is 24.3 Å². The van der Waals surface area contributed by atoms with E-state index in [0.717, 1.165) is 16.7 Å². The molecule has 1 amide bonds. The molecule has 1 aromatic heterocycles. The first-order valence-electron chi connectivity index (χ1n) is 15.6. The van der Waals surface area contributed by atoms with Crippen molar-refractivity contribution in [3.63, 3.8) is 0 Å². The predicted octanol–water partition coefficient (Wildman–Crippen LogP) is 9.76. The Bertz CT molecular complexity index is 1910. The Kier molecular flexibility index (Phi) is 9.91. The maximum absolute atomic E-state index is 13.6. The van der Waals surface area contributed by atoms with Crippen LogP contribution in [0.25, 0.3) is 22.3 Å². The maximum atomic E-state index is 13.6.